The van der Waals surface area contributed by atoms with E-state index in [9.17, 15) is 9.90 Å². The van der Waals surface area contributed by atoms with Gasteiger partial charge in [0.1, 0.15) is 5.75 Å². The van der Waals surface area contributed by atoms with Crippen LogP contribution in [0.4, 0.5) is 0 Å². The minimum Gasteiger partial charge on any atom is -0.508 e. The lowest BCUT2D eigenvalue weighted by Crippen LogP contribution is -2.09. The highest BCUT2D eigenvalue weighted by molar-refractivity contribution is 5.69. The van der Waals surface area contributed by atoms with E-state index in [1.165, 1.54) is 0 Å². The predicted octanol–water partition coefficient (Wildman–Crippen LogP) is 2.21. The second kappa shape index (κ2) is 6.04. The normalized spacial score (nSPS) is 10.4. The maximum atomic E-state index is 11.2. The lowest BCUT2D eigenvalue weighted by Gasteiger charge is -2.01. The summed E-state index contributed by atoms with van der Waals surface area (Å²) in [5.41, 5.74) is 1.79. The Morgan fingerprint density at radius 3 is 3.00 bits per heavy atom. The Morgan fingerprint density at radius 2 is 2.26 bits per heavy atom. The van der Waals surface area contributed by atoms with E-state index in [2.05, 4.69) is 5.10 Å². The van der Waals surface area contributed by atoms with E-state index in [1.54, 1.807) is 36.0 Å². The molecule has 0 aliphatic carbocycles. The summed E-state index contributed by atoms with van der Waals surface area (Å²) in [7, 11) is 0. The molecule has 0 aliphatic rings. The minimum absolute atomic E-state index is 0.219. The fourth-order valence-electron chi connectivity index (χ4n) is 1.76. The van der Waals surface area contributed by atoms with Crippen LogP contribution in [0.5, 0.6) is 5.75 Å². The van der Waals surface area contributed by atoms with Crippen molar-refractivity contribution in [2.75, 3.05) is 6.61 Å². The average molecular weight is 260 g/mol. The van der Waals surface area contributed by atoms with Gasteiger partial charge in [-0.15, -0.1) is 0 Å². The Morgan fingerprint density at radius 1 is 1.42 bits per heavy atom. The molecule has 1 N–H and O–H groups in total. The third-order valence-corrected chi connectivity index (χ3v) is 2.66. The van der Waals surface area contributed by atoms with Crippen molar-refractivity contribution in [2.24, 2.45) is 0 Å². The summed E-state index contributed by atoms with van der Waals surface area (Å²) in [6.45, 7) is 2.66. The summed E-state index contributed by atoms with van der Waals surface area (Å²) in [6, 6.07) is 6.97. The average Bonchev–Trinajstić information content (AvgIpc) is 2.85. The van der Waals surface area contributed by atoms with Gasteiger partial charge in [0.15, 0.2) is 0 Å². The molecule has 19 heavy (non-hydrogen) atoms. The van der Waals surface area contributed by atoms with Crippen molar-refractivity contribution in [1.29, 1.82) is 0 Å². The van der Waals surface area contributed by atoms with E-state index in [0.717, 1.165) is 11.1 Å². The van der Waals surface area contributed by atoms with Crippen molar-refractivity contribution >= 4 is 5.97 Å². The highest BCUT2D eigenvalue weighted by Crippen LogP contribution is 2.22. The summed E-state index contributed by atoms with van der Waals surface area (Å²) >= 11 is 0. The molecule has 0 bridgehead atoms. The number of hydrogen-bond acceptors (Lipinski definition) is 4. The van der Waals surface area contributed by atoms with Crippen molar-refractivity contribution in [3.8, 4) is 16.9 Å². The van der Waals surface area contributed by atoms with Crippen LogP contribution in [0.25, 0.3) is 11.1 Å². The van der Waals surface area contributed by atoms with E-state index < -0.39 is 0 Å². The van der Waals surface area contributed by atoms with Crippen LogP contribution in [0, 0.1) is 0 Å². The highest BCUT2D eigenvalue weighted by atomic mass is 16.5. The SMILES string of the molecule is CCOC(=O)CCn1cc(-c2cccc(O)c2)cn1. The first kappa shape index (κ1) is 13.1. The molecule has 1 aromatic carbocycles. The first-order valence-electron chi connectivity index (χ1n) is 6.16. The molecule has 0 amide bonds. The number of aromatic hydroxyl groups is 1. The molecule has 5 nitrogen and oxygen atoms in total. The number of aromatic nitrogens is 2. The minimum atomic E-state index is -0.225. The Bertz CT molecular complexity index is 563. The summed E-state index contributed by atoms with van der Waals surface area (Å²) in [5.74, 6) is -0.00585. The quantitative estimate of drug-likeness (QED) is 0.837. The Hall–Kier alpha value is -2.30. The number of hydrogen-bond donors (Lipinski definition) is 1. The van der Waals surface area contributed by atoms with E-state index in [1.807, 2.05) is 12.3 Å². The molecule has 0 radical (unpaired) electrons. The number of phenols is 1. The van der Waals surface area contributed by atoms with E-state index in [4.69, 9.17) is 4.74 Å². The van der Waals surface area contributed by atoms with Crippen LogP contribution < -0.4 is 0 Å². The summed E-state index contributed by atoms with van der Waals surface area (Å²) in [4.78, 5) is 11.2. The summed E-state index contributed by atoms with van der Waals surface area (Å²) < 4.78 is 6.55. The van der Waals surface area contributed by atoms with Crippen molar-refractivity contribution in [3.05, 3.63) is 36.7 Å². The number of aryl methyl sites for hydroxylation is 1. The molecule has 0 saturated carbocycles. The lowest BCUT2D eigenvalue weighted by atomic mass is 10.1. The lowest BCUT2D eigenvalue weighted by molar-refractivity contribution is -0.143. The fourth-order valence-corrected chi connectivity index (χ4v) is 1.76. The van der Waals surface area contributed by atoms with E-state index >= 15 is 0 Å². The molecule has 100 valence electrons. The molecular weight excluding hydrogens is 244 g/mol. The molecule has 0 aliphatic heterocycles. The fraction of sp³-hybridized carbons (Fsp3) is 0.286. The smallest absolute Gasteiger partial charge is 0.307 e. The highest BCUT2D eigenvalue weighted by Gasteiger charge is 2.05. The number of carbonyl (C=O) groups is 1. The van der Waals surface area contributed by atoms with Crippen LogP contribution in [0.1, 0.15) is 13.3 Å². The standard InChI is InChI=1S/C14H16N2O3/c1-2-19-14(18)6-7-16-10-12(9-15-16)11-4-3-5-13(17)8-11/h3-5,8-10,17H,2,6-7H2,1H3. The molecule has 1 aromatic heterocycles. The molecule has 5 heteroatoms. The number of ether oxygens (including phenoxy) is 1. The van der Waals surface area contributed by atoms with Crippen LogP contribution in [-0.4, -0.2) is 27.5 Å². The van der Waals surface area contributed by atoms with Gasteiger partial charge in [0.05, 0.1) is 25.8 Å². The van der Waals surface area contributed by atoms with Crippen molar-refractivity contribution < 1.29 is 14.6 Å². The molecule has 1 heterocycles. The molecule has 0 unspecified atom stereocenters. The van der Waals surface area contributed by atoms with Gasteiger partial charge in [-0.1, -0.05) is 12.1 Å². The van der Waals surface area contributed by atoms with Gasteiger partial charge in [-0.25, -0.2) is 0 Å². The van der Waals surface area contributed by atoms with Crippen molar-refractivity contribution in [1.82, 2.24) is 9.78 Å². The van der Waals surface area contributed by atoms with Crippen LogP contribution in [0.2, 0.25) is 0 Å². The number of phenolic OH excluding ortho intramolecular Hbond substituents is 1. The zero-order valence-corrected chi connectivity index (χ0v) is 10.7. The topological polar surface area (TPSA) is 64.3 Å². The van der Waals surface area contributed by atoms with Gasteiger partial charge in [0.25, 0.3) is 0 Å². The summed E-state index contributed by atoms with van der Waals surface area (Å²) in [6.07, 6.45) is 3.85. The number of carbonyl (C=O) groups excluding carboxylic acids is 1. The Balaban J connectivity index is 2.01. The Labute approximate surface area is 111 Å². The van der Waals surface area contributed by atoms with Gasteiger partial charge in [-0.05, 0) is 24.6 Å². The van der Waals surface area contributed by atoms with Crippen LogP contribution in [-0.2, 0) is 16.1 Å². The predicted molar refractivity (Wildman–Crippen MR) is 70.6 cm³/mol. The van der Waals surface area contributed by atoms with Gasteiger partial charge < -0.3 is 9.84 Å². The molecule has 0 saturated heterocycles. The molecule has 2 rings (SSSR count). The van der Waals surface area contributed by atoms with Crippen LogP contribution in [0.15, 0.2) is 36.7 Å². The largest absolute Gasteiger partial charge is 0.508 e. The monoisotopic (exact) mass is 260 g/mol. The number of nitrogens with zero attached hydrogens (tertiary/aromatic N) is 2. The van der Waals surface area contributed by atoms with Crippen LogP contribution >= 0.6 is 0 Å². The first-order valence-corrected chi connectivity index (χ1v) is 6.16. The van der Waals surface area contributed by atoms with E-state index in [-0.39, 0.29) is 11.7 Å². The van der Waals surface area contributed by atoms with Crippen molar-refractivity contribution in [3.63, 3.8) is 0 Å². The third-order valence-electron chi connectivity index (χ3n) is 2.66. The van der Waals surface area contributed by atoms with Gasteiger partial charge in [-0.2, -0.15) is 5.10 Å². The van der Waals surface area contributed by atoms with Gasteiger partial charge in [-0.3, -0.25) is 9.48 Å². The summed E-state index contributed by atoms with van der Waals surface area (Å²) in [5, 5.41) is 13.6. The number of benzene rings is 1. The number of esters is 1. The van der Waals surface area contributed by atoms with Gasteiger partial charge >= 0.3 is 5.97 Å². The Kier molecular flexibility index (Phi) is 4.18. The van der Waals surface area contributed by atoms with Gasteiger partial charge in [0, 0.05) is 11.8 Å². The van der Waals surface area contributed by atoms with Crippen LogP contribution in [0.3, 0.4) is 0 Å². The maximum absolute atomic E-state index is 11.2. The van der Waals surface area contributed by atoms with Crippen molar-refractivity contribution in [2.45, 2.75) is 19.9 Å². The molecule has 0 spiro atoms. The maximum Gasteiger partial charge on any atom is 0.307 e. The third kappa shape index (κ3) is 3.58. The number of rotatable bonds is 5. The van der Waals surface area contributed by atoms with Gasteiger partial charge in [0.2, 0.25) is 0 Å². The molecule has 2 aromatic rings. The second-order valence-electron chi connectivity index (χ2n) is 4.10. The zero-order chi connectivity index (χ0) is 13.7. The first-order chi connectivity index (χ1) is 9.19. The molecule has 0 atom stereocenters. The molecular formula is C14H16N2O3. The zero-order valence-electron chi connectivity index (χ0n) is 10.7. The second-order valence-corrected chi connectivity index (χ2v) is 4.10. The van der Waals surface area contributed by atoms with E-state index in [0.29, 0.717) is 19.6 Å². The molecule has 0 fully saturated rings.